The minimum Gasteiger partial charge on any atom is -0.384 e. The van der Waals surface area contributed by atoms with E-state index in [1.807, 2.05) is 6.92 Å². The molecule has 110 valence electrons. The van der Waals surface area contributed by atoms with Crippen molar-refractivity contribution in [2.24, 2.45) is 5.92 Å². The number of methoxy groups -OCH3 is 1. The highest BCUT2D eigenvalue weighted by Gasteiger charge is 2.29. The van der Waals surface area contributed by atoms with Crippen molar-refractivity contribution in [2.75, 3.05) is 37.4 Å². The summed E-state index contributed by atoms with van der Waals surface area (Å²) in [6, 6.07) is 0. The van der Waals surface area contributed by atoms with Gasteiger partial charge in [-0.15, -0.1) is 0 Å². The van der Waals surface area contributed by atoms with Crippen molar-refractivity contribution < 1.29 is 4.74 Å². The second-order valence-electron chi connectivity index (χ2n) is 6.10. The average Bonchev–Trinajstić information content (AvgIpc) is 3.27. The number of rotatable bonds is 4. The molecule has 2 N–H and O–H groups in total. The topological polar surface area (TPSA) is 64.3 Å². The number of ether oxygens (including phenoxy) is 1. The van der Waals surface area contributed by atoms with E-state index in [9.17, 15) is 0 Å². The largest absolute Gasteiger partial charge is 0.384 e. The molecule has 1 aromatic rings. The van der Waals surface area contributed by atoms with E-state index in [1.165, 1.54) is 25.7 Å². The third kappa shape index (κ3) is 2.73. The predicted molar refractivity (Wildman–Crippen MR) is 80.0 cm³/mol. The van der Waals surface area contributed by atoms with Gasteiger partial charge in [0.05, 0.1) is 6.61 Å². The first-order valence-corrected chi connectivity index (χ1v) is 7.57. The maximum absolute atomic E-state index is 6.08. The van der Waals surface area contributed by atoms with Crippen LogP contribution < -0.4 is 10.6 Å². The van der Waals surface area contributed by atoms with Gasteiger partial charge in [-0.05, 0) is 38.5 Å². The van der Waals surface area contributed by atoms with E-state index in [1.54, 1.807) is 7.11 Å². The van der Waals surface area contributed by atoms with Crippen molar-refractivity contribution in [1.82, 2.24) is 9.97 Å². The zero-order valence-electron chi connectivity index (χ0n) is 12.4. The van der Waals surface area contributed by atoms with Crippen LogP contribution in [0.5, 0.6) is 0 Å². The van der Waals surface area contributed by atoms with Crippen LogP contribution in [-0.2, 0) is 4.74 Å². The standard InChI is InChI=1S/C15H24N4O/c1-10-13(16)17-14(12-5-6-12)18-15(10)19-7-3-4-11(8-19)9-20-2/h11-12H,3-9H2,1-2H3,(H2,16,17,18). The molecular weight excluding hydrogens is 252 g/mol. The molecule has 1 aliphatic carbocycles. The van der Waals surface area contributed by atoms with Crippen LogP contribution in [0.25, 0.3) is 0 Å². The molecule has 0 spiro atoms. The first-order valence-electron chi connectivity index (χ1n) is 7.57. The van der Waals surface area contributed by atoms with Gasteiger partial charge in [0.1, 0.15) is 17.5 Å². The first kappa shape index (κ1) is 13.6. The first-order chi connectivity index (χ1) is 9.69. The Morgan fingerprint density at radius 3 is 2.80 bits per heavy atom. The fraction of sp³-hybridized carbons (Fsp3) is 0.733. The number of hydrogen-bond donors (Lipinski definition) is 1. The van der Waals surface area contributed by atoms with Gasteiger partial charge in [0.25, 0.3) is 0 Å². The summed E-state index contributed by atoms with van der Waals surface area (Å²) in [5, 5.41) is 0. The number of nitrogens with two attached hydrogens (primary N) is 1. The predicted octanol–water partition coefficient (Wildman–Crippen LogP) is 2.11. The fourth-order valence-electron chi connectivity index (χ4n) is 3.00. The van der Waals surface area contributed by atoms with Crippen molar-refractivity contribution in [3.63, 3.8) is 0 Å². The van der Waals surface area contributed by atoms with Crippen LogP contribution in [0.1, 0.15) is 43.0 Å². The lowest BCUT2D eigenvalue weighted by Crippen LogP contribution is -2.38. The molecule has 5 nitrogen and oxygen atoms in total. The van der Waals surface area contributed by atoms with Crippen LogP contribution >= 0.6 is 0 Å². The van der Waals surface area contributed by atoms with Crippen LogP contribution in [-0.4, -0.2) is 36.8 Å². The lowest BCUT2D eigenvalue weighted by atomic mass is 9.98. The third-order valence-corrected chi connectivity index (χ3v) is 4.34. The molecule has 1 atom stereocenters. The number of anilines is 2. The lowest BCUT2D eigenvalue weighted by Gasteiger charge is -2.34. The number of nitrogens with zero attached hydrogens (tertiary/aromatic N) is 3. The van der Waals surface area contributed by atoms with E-state index in [2.05, 4.69) is 9.88 Å². The summed E-state index contributed by atoms with van der Waals surface area (Å²) in [6.07, 6.45) is 4.83. The Morgan fingerprint density at radius 1 is 1.30 bits per heavy atom. The number of hydrogen-bond acceptors (Lipinski definition) is 5. The van der Waals surface area contributed by atoms with Crippen molar-refractivity contribution in [1.29, 1.82) is 0 Å². The maximum atomic E-state index is 6.08. The van der Waals surface area contributed by atoms with Crippen LogP contribution in [0.2, 0.25) is 0 Å². The lowest BCUT2D eigenvalue weighted by molar-refractivity contribution is 0.143. The highest BCUT2D eigenvalue weighted by molar-refractivity contribution is 5.57. The monoisotopic (exact) mass is 276 g/mol. The van der Waals surface area contributed by atoms with Gasteiger partial charge in [-0.25, -0.2) is 9.97 Å². The molecule has 0 amide bonds. The molecule has 20 heavy (non-hydrogen) atoms. The molecule has 1 unspecified atom stereocenters. The second kappa shape index (κ2) is 5.56. The summed E-state index contributed by atoms with van der Waals surface area (Å²) < 4.78 is 5.31. The van der Waals surface area contributed by atoms with Crippen LogP contribution in [0.15, 0.2) is 0 Å². The van der Waals surface area contributed by atoms with Gasteiger partial charge < -0.3 is 15.4 Å². The smallest absolute Gasteiger partial charge is 0.137 e. The number of piperidine rings is 1. The number of aromatic nitrogens is 2. The fourth-order valence-corrected chi connectivity index (χ4v) is 3.00. The molecule has 3 rings (SSSR count). The summed E-state index contributed by atoms with van der Waals surface area (Å²) in [5.74, 6) is 3.76. The molecule has 0 bridgehead atoms. The molecule has 1 aliphatic heterocycles. The van der Waals surface area contributed by atoms with Crippen molar-refractivity contribution in [2.45, 2.75) is 38.5 Å². The average molecular weight is 276 g/mol. The quantitative estimate of drug-likeness (QED) is 0.912. The number of nitrogen functional groups attached to an aromatic ring is 1. The van der Waals surface area contributed by atoms with Crippen LogP contribution in [0.3, 0.4) is 0 Å². The van der Waals surface area contributed by atoms with Gasteiger partial charge in [-0.1, -0.05) is 0 Å². The molecule has 1 saturated heterocycles. The minimum absolute atomic E-state index is 0.538. The summed E-state index contributed by atoms with van der Waals surface area (Å²) in [5.41, 5.74) is 7.11. The van der Waals surface area contributed by atoms with Crippen molar-refractivity contribution in [3.05, 3.63) is 11.4 Å². The Kier molecular flexibility index (Phi) is 3.78. The summed E-state index contributed by atoms with van der Waals surface area (Å²) in [6.45, 7) is 4.92. The molecule has 2 aliphatic rings. The molecule has 2 fully saturated rings. The molecule has 1 aromatic heterocycles. The zero-order chi connectivity index (χ0) is 14.1. The van der Waals surface area contributed by atoms with E-state index in [0.717, 1.165) is 36.9 Å². The summed E-state index contributed by atoms with van der Waals surface area (Å²) in [4.78, 5) is 11.6. The molecule has 2 heterocycles. The van der Waals surface area contributed by atoms with E-state index >= 15 is 0 Å². The van der Waals surface area contributed by atoms with Gasteiger partial charge in [0, 0.05) is 31.7 Å². The Morgan fingerprint density at radius 2 is 2.10 bits per heavy atom. The van der Waals surface area contributed by atoms with E-state index < -0.39 is 0 Å². The minimum atomic E-state index is 0.538. The Labute approximate surface area is 120 Å². The molecular formula is C15H24N4O. The third-order valence-electron chi connectivity index (χ3n) is 4.34. The molecule has 0 aromatic carbocycles. The van der Waals surface area contributed by atoms with Crippen LogP contribution in [0.4, 0.5) is 11.6 Å². The normalized spacial score (nSPS) is 23.1. The molecule has 1 saturated carbocycles. The molecule has 5 heteroatoms. The van der Waals surface area contributed by atoms with Gasteiger partial charge in [-0.3, -0.25) is 0 Å². The van der Waals surface area contributed by atoms with E-state index in [-0.39, 0.29) is 0 Å². The van der Waals surface area contributed by atoms with Crippen molar-refractivity contribution >= 4 is 11.6 Å². The highest BCUT2D eigenvalue weighted by atomic mass is 16.5. The maximum Gasteiger partial charge on any atom is 0.137 e. The SMILES string of the molecule is COCC1CCCN(c2nc(C3CC3)nc(N)c2C)C1. The van der Waals surface area contributed by atoms with Gasteiger partial charge in [-0.2, -0.15) is 0 Å². The zero-order valence-corrected chi connectivity index (χ0v) is 12.4. The van der Waals surface area contributed by atoms with Gasteiger partial charge in [0.2, 0.25) is 0 Å². The van der Waals surface area contributed by atoms with Gasteiger partial charge in [0.15, 0.2) is 0 Å². The van der Waals surface area contributed by atoms with Gasteiger partial charge >= 0.3 is 0 Å². The Hall–Kier alpha value is -1.36. The highest BCUT2D eigenvalue weighted by Crippen LogP contribution is 2.40. The van der Waals surface area contributed by atoms with Crippen molar-refractivity contribution in [3.8, 4) is 0 Å². The summed E-state index contributed by atoms with van der Waals surface area (Å²) in [7, 11) is 1.78. The van der Waals surface area contributed by atoms with E-state index in [0.29, 0.717) is 17.7 Å². The molecule has 0 radical (unpaired) electrons. The Bertz CT molecular complexity index is 485. The Balaban J connectivity index is 1.84. The van der Waals surface area contributed by atoms with Crippen LogP contribution in [0, 0.1) is 12.8 Å². The summed E-state index contributed by atoms with van der Waals surface area (Å²) >= 11 is 0. The second-order valence-corrected chi connectivity index (χ2v) is 6.10. The van der Waals surface area contributed by atoms with E-state index in [4.69, 9.17) is 15.5 Å².